The minimum atomic E-state index is -3.63. The van der Waals surface area contributed by atoms with Crippen LogP contribution in [0, 0.1) is 0 Å². The molecule has 0 aromatic heterocycles. The van der Waals surface area contributed by atoms with E-state index in [0.29, 0.717) is 41.8 Å². The van der Waals surface area contributed by atoms with Crippen LogP contribution in [0.15, 0.2) is 42.5 Å². The highest BCUT2D eigenvalue weighted by atomic mass is 35.5. The lowest BCUT2D eigenvalue weighted by Crippen LogP contribution is -2.51. The number of rotatable bonds is 12. The van der Waals surface area contributed by atoms with Crippen LogP contribution in [0.25, 0.3) is 0 Å². The highest BCUT2D eigenvalue weighted by Crippen LogP contribution is 2.35. The Balaban J connectivity index is 1.48. The van der Waals surface area contributed by atoms with E-state index >= 15 is 0 Å². The van der Waals surface area contributed by atoms with E-state index in [4.69, 9.17) is 21.1 Å². The Morgan fingerprint density at radius 3 is 2.37 bits per heavy atom. The molecule has 0 radical (unpaired) electrons. The molecule has 1 saturated carbocycles. The minimum Gasteiger partial charge on any atom is -0.486 e. The average Bonchev–Trinajstić information content (AvgIpc) is 2.95. The van der Waals surface area contributed by atoms with E-state index in [0.717, 1.165) is 37.5 Å². The number of amides is 2. The van der Waals surface area contributed by atoms with Gasteiger partial charge in [0.2, 0.25) is 21.8 Å². The molecule has 4 rings (SSSR count). The molecule has 0 spiro atoms. The van der Waals surface area contributed by atoms with E-state index in [1.54, 1.807) is 35.2 Å². The molecule has 2 aromatic carbocycles. The van der Waals surface area contributed by atoms with Crippen LogP contribution in [-0.2, 0) is 26.2 Å². The molecule has 1 N–H and O–H groups in total. The number of nitrogens with zero attached hydrogens (tertiary/aromatic N) is 2. The molecule has 1 aliphatic carbocycles. The highest BCUT2D eigenvalue weighted by molar-refractivity contribution is 7.92. The van der Waals surface area contributed by atoms with Gasteiger partial charge in [-0.25, -0.2) is 8.42 Å². The Kier molecular flexibility index (Phi) is 10.8. The number of hydrogen-bond donors (Lipinski definition) is 1. The first-order chi connectivity index (χ1) is 19.7. The van der Waals surface area contributed by atoms with Crippen molar-refractivity contribution in [3.63, 3.8) is 0 Å². The fourth-order valence-corrected chi connectivity index (χ4v) is 6.52. The summed E-state index contributed by atoms with van der Waals surface area (Å²) >= 11 is 6.07. The van der Waals surface area contributed by atoms with Gasteiger partial charge in [0.25, 0.3) is 0 Å². The predicted molar refractivity (Wildman–Crippen MR) is 160 cm³/mol. The molecule has 1 fully saturated rings. The number of benzene rings is 2. The van der Waals surface area contributed by atoms with Crippen molar-refractivity contribution in [1.29, 1.82) is 0 Å². The fourth-order valence-electron chi connectivity index (χ4n) is 5.44. The third kappa shape index (κ3) is 8.52. The number of anilines is 1. The molecule has 1 heterocycles. The summed E-state index contributed by atoms with van der Waals surface area (Å²) in [5, 5.41) is 3.77. The Bertz CT molecular complexity index is 1300. The number of carbonyl (C=O) groups is 2. The number of sulfonamides is 1. The van der Waals surface area contributed by atoms with Crippen LogP contribution >= 0.6 is 11.6 Å². The molecule has 2 amide bonds. The SMILES string of the molecule is CC[C@H](C(=O)NC1CCCCC1)N(Cc1ccc(Cl)cc1)C(=O)CCCN(c1ccc2c(c1)OCCO2)S(C)(=O)=O. The Morgan fingerprint density at radius 2 is 1.71 bits per heavy atom. The zero-order chi connectivity index (χ0) is 29.4. The fraction of sp³-hybridized carbons (Fsp3) is 0.533. The normalized spacial score (nSPS) is 16.1. The molecular weight excluding hydrogens is 566 g/mol. The molecule has 0 bridgehead atoms. The van der Waals surface area contributed by atoms with Gasteiger partial charge in [0.15, 0.2) is 11.5 Å². The number of nitrogens with one attached hydrogen (secondary N) is 1. The highest BCUT2D eigenvalue weighted by Gasteiger charge is 2.30. The van der Waals surface area contributed by atoms with E-state index < -0.39 is 16.1 Å². The molecule has 1 aliphatic heterocycles. The van der Waals surface area contributed by atoms with Crippen LogP contribution < -0.4 is 19.1 Å². The maximum Gasteiger partial charge on any atom is 0.243 e. The summed E-state index contributed by atoms with van der Waals surface area (Å²) in [5.74, 6) is 0.706. The lowest BCUT2D eigenvalue weighted by Gasteiger charge is -2.33. The van der Waals surface area contributed by atoms with Crippen molar-refractivity contribution >= 4 is 39.1 Å². The van der Waals surface area contributed by atoms with Gasteiger partial charge in [-0.2, -0.15) is 0 Å². The third-order valence-corrected chi connectivity index (χ3v) is 9.02. The van der Waals surface area contributed by atoms with Crippen molar-refractivity contribution in [2.75, 3.05) is 30.3 Å². The zero-order valence-corrected chi connectivity index (χ0v) is 25.4. The molecule has 1 atom stereocenters. The summed E-state index contributed by atoms with van der Waals surface area (Å²) in [6.45, 7) is 3.09. The van der Waals surface area contributed by atoms with Gasteiger partial charge in [-0.15, -0.1) is 0 Å². The first kappa shape index (κ1) is 31.0. The standard InChI is InChI=1S/C30H40ClN3O6S/c1-3-26(30(36)32-24-8-5-4-6-9-24)33(21-22-11-13-23(31)14-12-22)29(35)10-7-17-34(41(2,37)38)25-15-16-27-28(20-25)40-19-18-39-27/h11-16,20,24,26H,3-10,17-19,21H2,1-2H3,(H,32,36)/t26-/m1/s1. The molecule has 0 unspecified atom stereocenters. The summed E-state index contributed by atoms with van der Waals surface area (Å²) in [4.78, 5) is 28.7. The van der Waals surface area contributed by atoms with Gasteiger partial charge in [-0.3, -0.25) is 13.9 Å². The Morgan fingerprint density at radius 1 is 1.02 bits per heavy atom. The third-order valence-electron chi connectivity index (χ3n) is 7.57. The quantitative estimate of drug-likeness (QED) is 0.368. The van der Waals surface area contributed by atoms with Crippen LogP contribution in [0.4, 0.5) is 5.69 Å². The lowest BCUT2D eigenvalue weighted by atomic mass is 9.95. The predicted octanol–water partition coefficient (Wildman–Crippen LogP) is 4.91. The summed E-state index contributed by atoms with van der Waals surface area (Å²) in [6, 6.07) is 11.7. The summed E-state index contributed by atoms with van der Waals surface area (Å²) in [7, 11) is -3.63. The summed E-state index contributed by atoms with van der Waals surface area (Å²) in [5.41, 5.74) is 1.31. The maximum atomic E-state index is 13.7. The van der Waals surface area contributed by atoms with Crippen molar-refractivity contribution in [1.82, 2.24) is 10.2 Å². The first-order valence-electron chi connectivity index (χ1n) is 14.4. The average molecular weight is 606 g/mol. The van der Waals surface area contributed by atoms with Crippen LogP contribution in [0.3, 0.4) is 0 Å². The number of fused-ring (bicyclic) bond motifs is 1. The first-order valence-corrected chi connectivity index (χ1v) is 16.6. The van der Waals surface area contributed by atoms with Gasteiger partial charge in [0.1, 0.15) is 19.3 Å². The van der Waals surface area contributed by atoms with Gasteiger partial charge >= 0.3 is 0 Å². The van der Waals surface area contributed by atoms with Crippen LogP contribution in [0.5, 0.6) is 11.5 Å². The minimum absolute atomic E-state index is 0.0807. The largest absolute Gasteiger partial charge is 0.486 e. The molecule has 2 aromatic rings. The smallest absolute Gasteiger partial charge is 0.243 e. The molecule has 9 nitrogen and oxygen atoms in total. The van der Waals surface area contributed by atoms with E-state index in [2.05, 4.69) is 5.32 Å². The van der Waals surface area contributed by atoms with Crippen LogP contribution in [0.2, 0.25) is 5.02 Å². The van der Waals surface area contributed by atoms with Gasteiger partial charge < -0.3 is 19.7 Å². The monoisotopic (exact) mass is 605 g/mol. The number of carbonyl (C=O) groups excluding carboxylic acids is 2. The lowest BCUT2D eigenvalue weighted by molar-refractivity contribution is -0.141. The van der Waals surface area contributed by atoms with Gasteiger partial charge in [0, 0.05) is 36.6 Å². The van der Waals surface area contributed by atoms with Gasteiger partial charge in [-0.05, 0) is 55.5 Å². The van der Waals surface area contributed by atoms with Crippen molar-refractivity contribution in [3.05, 3.63) is 53.1 Å². The summed E-state index contributed by atoms with van der Waals surface area (Å²) < 4.78 is 37.9. The zero-order valence-electron chi connectivity index (χ0n) is 23.8. The van der Waals surface area contributed by atoms with Crippen molar-refractivity contribution < 1.29 is 27.5 Å². The Hall–Kier alpha value is -2.98. The summed E-state index contributed by atoms with van der Waals surface area (Å²) in [6.07, 6.45) is 7.23. The van der Waals surface area contributed by atoms with Crippen molar-refractivity contribution in [2.24, 2.45) is 0 Å². The molecule has 11 heteroatoms. The van der Waals surface area contributed by atoms with Crippen LogP contribution in [-0.4, -0.2) is 63.2 Å². The molecule has 41 heavy (non-hydrogen) atoms. The van der Waals surface area contributed by atoms with E-state index in [1.807, 2.05) is 19.1 Å². The maximum absolute atomic E-state index is 13.7. The molecule has 2 aliphatic rings. The number of halogens is 1. The Labute approximate surface area is 248 Å². The van der Waals surface area contributed by atoms with Crippen LogP contribution in [0.1, 0.15) is 63.9 Å². The second kappa shape index (κ2) is 14.3. The van der Waals surface area contributed by atoms with E-state index in [-0.39, 0.29) is 43.8 Å². The number of hydrogen-bond acceptors (Lipinski definition) is 6. The molecular formula is C30H40ClN3O6S. The van der Waals surface area contributed by atoms with E-state index in [1.165, 1.54) is 10.7 Å². The van der Waals surface area contributed by atoms with Crippen molar-refractivity contribution in [3.8, 4) is 11.5 Å². The second-order valence-electron chi connectivity index (χ2n) is 10.7. The molecule has 0 saturated heterocycles. The number of ether oxygens (including phenoxy) is 2. The van der Waals surface area contributed by atoms with Gasteiger partial charge in [-0.1, -0.05) is 49.9 Å². The molecule has 224 valence electrons. The van der Waals surface area contributed by atoms with Crippen molar-refractivity contribution in [2.45, 2.75) is 76.9 Å². The van der Waals surface area contributed by atoms with E-state index in [9.17, 15) is 18.0 Å². The van der Waals surface area contributed by atoms with Gasteiger partial charge in [0.05, 0.1) is 11.9 Å². The second-order valence-corrected chi connectivity index (χ2v) is 13.0. The topological polar surface area (TPSA) is 105 Å².